The van der Waals surface area contributed by atoms with Gasteiger partial charge in [-0.05, 0) is 30.9 Å². The highest BCUT2D eigenvalue weighted by Crippen LogP contribution is 2.33. The zero-order chi connectivity index (χ0) is 15.7. The molecule has 0 radical (unpaired) electrons. The Morgan fingerprint density at radius 1 is 1.05 bits per heavy atom. The van der Waals surface area contributed by atoms with E-state index in [2.05, 4.69) is 6.92 Å². The van der Waals surface area contributed by atoms with Crippen LogP contribution in [0.5, 0.6) is 5.75 Å². The number of piperidine rings is 1. The molecule has 0 amide bonds. The van der Waals surface area contributed by atoms with E-state index in [-0.39, 0.29) is 0 Å². The van der Waals surface area contributed by atoms with E-state index in [4.69, 9.17) is 4.74 Å². The van der Waals surface area contributed by atoms with Crippen molar-refractivity contribution < 1.29 is 13.2 Å². The number of fused-ring (bicyclic) bond motifs is 1. The number of hydrogen-bond donors (Lipinski definition) is 0. The lowest BCUT2D eigenvalue weighted by molar-refractivity contribution is 0.288. The van der Waals surface area contributed by atoms with Crippen LogP contribution in [-0.2, 0) is 10.0 Å². The van der Waals surface area contributed by atoms with Gasteiger partial charge in [-0.2, -0.15) is 4.31 Å². The molecule has 0 atom stereocenters. The molecule has 1 heterocycles. The van der Waals surface area contributed by atoms with Crippen LogP contribution in [0.3, 0.4) is 0 Å². The molecule has 2 aromatic carbocycles. The molecule has 2 aromatic rings. The van der Waals surface area contributed by atoms with E-state index in [1.165, 1.54) is 0 Å². The van der Waals surface area contributed by atoms with Crippen molar-refractivity contribution in [3.63, 3.8) is 0 Å². The Morgan fingerprint density at radius 2 is 1.68 bits per heavy atom. The van der Waals surface area contributed by atoms with Crippen LogP contribution in [0.2, 0.25) is 0 Å². The summed E-state index contributed by atoms with van der Waals surface area (Å²) in [7, 11) is -1.86. The lowest BCUT2D eigenvalue weighted by Crippen LogP contribution is -2.37. The second-order valence-corrected chi connectivity index (χ2v) is 7.80. The Bertz CT molecular complexity index is 778. The van der Waals surface area contributed by atoms with Crippen LogP contribution in [-0.4, -0.2) is 32.9 Å². The lowest BCUT2D eigenvalue weighted by atomic mass is 10.0. The molecule has 0 N–H and O–H groups in total. The minimum Gasteiger partial charge on any atom is -0.496 e. The topological polar surface area (TPSA) is 46.6 Å². The van der Waals surface area contributed by atoms with Crippen LogP contribution in [0.15, 0.2) is 41.3 Å². The Kier molecular flexibility index (Phi) is 4.10. The minimum atomic E-state index is -3.46. The number of sulfonamides is 1. The molecule has 0 aromatic heterocycles. The molecular weight excluding hydrogens is 298 g/mol. The predicted molar refractivity (Wildman–Crippen MR) is 87.7 cm³/mol. The van der Waals surface area contributed by atoms with E-state index in [1.807, 2.05) is 24.3 Å². The van der Waals surface area contributed by atoms with Crippen molar-refractivity contribution in [1.82, 2.24) is 4.31 Å². The number of ether oxygens (including phenoxy) is 1. The van der Waals surface area contributed by atoms with Gasteiger partial charge in [0.1, 0.15) is 5.75 Å². The highest BCUT2D eigenvalue weighted by atomic mass is 32.2. The number of methoxy groups -OCH3 is 1. The van der Waals surface area contributed by atoms with Crippen molar-refractivity contribution in [2.45, 2.75) is 24.7 Å². The van der Waals surface area contributed by atoms with Crippen LogP contribution in [0.1, 0.15) is 19.8 Å². The van der Waals surface area contributed by atoms with Gasteiger partial charge >= 0.3 is 0 Å². The third-order valence-electron chi connectivity index (χ3n) is 4.42. The summed E-state index contributed by atoms with van der Waals surface area (Å²) in [5, 5.41) is 1.55. The van der Waals surface area contributed by atoms with E-state index in [0.717, 1.165) is 23.6 Å². The zero-order valence-corrected chi connectivity index (χ0v) is 13.8. The second-order valence-electron chi connectivity index (χ2n) is 5.90. The number of hydrogen-bond acceptors (Lipinski definition) is 3. The quantitative estimate of drug-likeness (QED) is 0.872. The Balaban J connectivity index is 2.10. The summed E-state index contributed by atoms with van der Waals surface area (Å²) in [6.07, 6.45) is 1.85. The molecule has 4 nitrogen and oxygen atoms in total. The molecule has 0 bridgehead atoms. The monoisotopic (exact) mass is 319 g/mol. The number of nitrogens with zero attached hydrogens (tertiary/aromatic N) is 1. The normalized spacial score (nSPS) is 17.7. The van der Waals surface area contributed by atoms with Crippen molar-refractivity contribution in [2.24, 2.45) is 5.92 Å². The largest absolute Gasteiger partial charge is 0.496 e. The molecule has 1 fully saturated rings. The summed E-state index contributed by atoms with van der Waals surface area (Å²) in [4.78, 5) is 0.374. The molecule has 5 heteroatoms. The van der Waals surface area contributed by atoms with E-state index in [1.54, 1.807) is 23.5 Å². The Labute approximate surface area is 131 Å². The molecule has 0 aliphatic carbocycles. The maximum Gasteiger partial charge on any atom is 0.243 e. The molecule has 0 saturated carbocycles. The third kappa shape index (κ3) is 2.59. The molecule has 0 spiro atoms. The van der Waals surface area contributed by atoms with E-state index in [0.29, 0.717) is 29.7 Å². The highest BCUT2D eigenvalue weighted by Gasteiger charge is 2.29. The van der Waals surface area contributed by atoms with Gasteiger partial charge in [-0.1, -0.05) is 31.2 Å². The number of benzene rings is 2. The molecule has 22 heavy (non-hydrogen) atoms. The lowest BCUT2D eigenvalue weighted by Gasteiger charge is -2.29. The first-order valence-electron chi connectivity index (χ1n) is 7.60. The van der Waals surface area contributed by atoms with Gasteiger partial charge in [0.25, 0.3) is 0 Å². The maximum atomic E-state index is 13.0. The molecular formula is C17H21NO3S. The third-order valence-corrected chi connectivity index (χ3v) is 6.38. The summed E-state index contributed by atoms with van der Waals surface area (Å²) in [5.41, 5.74) is 0. The first kappa shape index (κ1) is 15.3. The highest BCUT2D eigenvalue weighted by molar-refractivity contribution is 7.89. The van der Waals surface area contributed by atoms with Crippen LogP contribution < -0.4 is 4.74 Å². The van der Waals surface area contributed by atoms with E-state index >= 15 is 0 Å². The Hall–Kier alpha value is -1.59. The fourth-order valence-corrected chi connectivity index (χ4v) is 4.68. The van der Waals surface area contributed by atoms with Crippen LogP contribution in [0, 0.1) is 5.92 Å². The van der Waals surface area contributed by atoms with Crippen molar-refractivity contribution in [2.75, 3.05) is 20.2 Å². The van der Waals surface area contributed by atoms with Gasteiger partial charge in [0, 0.05) is 23.9 Å². The minimum absolute atomic E-state index is 0.374. The summed E-state index contributed by atoms with van der Waals surface area (Å²) >= 11 is 0. The zero-order valence-electron chi connectivity index (χ0n) is 13.0. The smallest absolute Gasteiger partial charge is 0.243 e. The van der Waals surface area contributed by atoms with Gasteiger partial charge in [0.05, 0.1) is 12.0 Å². The van der Waals surface area contributed by atoms with E-state index < -0.39 is 10.0 Å². The van der Waals surface area contributed by atoms with Gasteiger partial charge in [-0.3, -0.25) is 0 Å². The van der Waals surface area contributed by atoms with Crippen molar-refractivity contribution in [1.29, 1.82) is 0 Å². The van der Waals surface area contributed by atoms with Gasteiger partial charge in [0.15, 0.2) is 0 Å². The van der Waals surface area contributed by atoms with Crippen LogP contribution in [0.25, 0.3) is 10.8 Å². The predicted octanol–water partition coefficient (Wildman–Crippen LogP) is 3.27. The maximum absolute atomic E-state index is 13.0. The molecule has 118 valence electrons. The molecule has 3 rings (SSSR count). The van der Waals surface area contributed by atoms with Crippen LogP contribution in [0.4, 0.5) is 0 Å². The first-order valence-corrected chi connectivity index (χ1v) is 9.04. The van der Waals surface area contributed by atoms with Gasteiger partial charge in [-0.15, -0.1) is 0 Å². The summed E-state index contributed by atoms with van der Waals surface area (Å²) in [6.45, 7) is 3.38. The average molecular weight is 319 g/mol. The fraction of sp³-hybridized carbons (Fsp3) is 0.412. The van der Waals surface area contributed by atoms with Gasteiger partial charge < -0.3 is 4.74 Å². The molecule has 1 aliphatic rings. The molecule has 1 saturated heterocycles. The summed E-state index contributed by atoms with van der Waals surface area (Å²) < 4.78 is 32.9. The van der Waals surface area contributed by atoms with Crippen LogP contribution >= 0.6 is 0 Å². The Morgan fingerprint density at radius 3 is 2.32 bits per heavy atom. The summed E-state index contributed by atoms with van der Waals surface area (Å²) in [6, 6.07) is 10.9. The first-order chi connectivity index (χ1) is 10.5. The second kappa shape index (κ2) is 5.89. The van der Waals surface area contributed by atoms with Gasteiger partial charge in [-0.25, -0.2) is 8.42 Å². The molecule has 1 aliphatic heterocycles. The summed E-state index contributed by atoms with van der Waals surface area (Å²) in [5.74, 6) is 1.29. The fourth-order valence-electron chi connectivity index (χ4n) is 3.01. The van der Waals surface area contributed by atoms with E-state index in [9.17, 15) is 8.42 Å². The van der Waals surface area contributed by atoms with Gasteiger partial charge in [0.2, 0.25) is 10.0 Å². The van der Waals surface area contributed by atoms with Crippen molar-refractivity contribution in [3.8, 4) is 5.75 Å². The van der Waals surface area contributed by atoms with Crippen molar-refractivity contribution in [3.05, 3.63) is 36.4 Å². The van der Waals surface area contributed by atoms with Crippen molar-refractivity contribution >= 4 is 20.8 Å². The average Bonchev–Trinajstić information content (AvgIpc) is 2.54. The SMILES string of the molecule is COc1ccc(S(=O)(=O)N2CCC(C)CC2)c2ccccc12. The number of rotatable bonds is 3. The standard InChI is InChI=1S/C17H21NO3S/c1-13-9-11-18(12-10-13)22(19,20)17-8-7-16(21-2)14-5-3-4-6-15(14)17/h3-8,13H,9-12H2,1-2H3. The molecule has 0 unspecified atom stereocenters.